The fourth-order valence-electron chi connectivity index (χ4n) is 2.15. The monoisotopic (exact) mass is 351 g/mol. The molecule has 25 heavy (non-hydrogen) atoms. The number of nitrogens with two attached hydrogens (primary N) is 1. The molecule has 0 saturated heterocycles. The lowest BCUT2D eigenvalue weighted by Gasteiger charge is -2.00. The summed E-state index contributed by atoms with van der Waals surface area (Å²) in [5.41, 5.74) is 9.01. The normalized spacial score (nSPS) is 10.8. The van der Waals surface area contributed by atoms with Gasteiger partial charge in [0.15, 0.2) is 5.13 Å². The molecule has 0 spiro atoms. The summed E-state index contributed by atoms with van der Waals surface area (Å²) in [6.07, 6.45) is 3.20. The van der Waals surface area contributed by atoms with Crippen molar-refractivity contribution in [3.05, 3.63) is 65.6 Å². The molecule has 0 bridgehead atoms. The Kier molecular flexibility index (Phi) is 5.11. The van der Waals surface area contributed by atoms with Crippen molar-refractivity contribution >= 4 is 34.1 Å². The Morgan fingerprint density at radius 2 is 1.88 bits per heavy atom. The Morgan fingerprint density at radius 3 is 2.56 bits per heavy atom. The van der Waals surface area contributed by atoms with Gasteiger partial charge < -0.3 is 10.5 Å². The van der Waals surface area contributed by atoms with Crippen LogP contribution in [-0.4, -0.2) is 18.0 Å². The van der Waals surface area contributed by atoms with Crippen LogP contribution in [0.15, 0.2) is 60.0 Å². The fourth-order valence-corrected chi connectivity index (χ4v) is 2.87. The molecule has 1 heterocycles. The molecule has 0 saturated carbocycles. The maximum Gasteiger partial charge on any atom is 0.250 e. The third kappa shape index (κ3) is 4.45. The standard InChI is InChI=1S/C19H17N3O2S/c1-24-16-9-5-14(6-10-16)17-12-25-19(21-17)22-18(23)11-4-13-2-7-15(20)8-3-13/h2-12H,20H2,1H3,(H,21,22,23). The number of hydrogen-bond acceptors (Lipinski definition) is 5. The van der Waals surface area contributed by atoms with Gasteiger partial charge in [-0.1, -0.05) is 12.1 Å². The van der Waals surface area contributed by atoms with Gasteiger partial charge >= 0.3 is 0 Å². The molecule has 1 aromatic heterocycles. The minimum atomic E-state index is -0.229. The minimum Gasteiger partial charge on any atom is -0.497 e. The molecule has 0 aliphatic heterocycles. The van der Waals surface area contributed by atoms with Gasteiger partial charge in [-0.25, -0.2) is 4.98 Å². The average Bonchev–Trinajstić information content (AvgIpc) is 3.10. The van der Waals surface area contributed by atoms with Crippen molar-refractivity contribution in [1.82, 2.24) is 4.98 Å². The van der Waals surface area contributed by atoms with Crippen LogP contribution in [0, 0.1) is 0 Å². The zero-order valence-corrected chi connectivity index (χ0v) is 14.4. The summed E-state index contributed by atoms with van der Waals surface area (Å²) >= 11 is 1.38. The number of nitrogen functional groups attached to an aromatic ring is 1. The van der Waals surface area contributed by atoms with Crippen molar-refractivity contribution in [2.24, 2.45) is 0 Å². The highest BCUT2D eigenvalue weighted by molar-refractivity contribution is 7.14. The number of ether oxygens (including phenoxy) is 1. The first-order valence-electron chi connectivity index (χ1n) is 7.58. The second-order valence-corrected chi connectivity index (χ2v) is 6.11. The third-order valence-corrected chi connectivity index (χ3v) is 4.24. The summed E-state index contributed by atoms with van der Waals surface area (Å²) < 4.78 is 5.14. The van der Waals surface area contributed by atoms with Crippen molar-refractivity contribution in [2.45, 2.75) is 0 Å². The lowest BCUT2D eigenvalue weighted by atomic mass is 10.2. The Bertz CT molecular complexity index is 884. The van der Waals surface area contributed by atoms with Gasteiger partial charge in [0.1, 0.15) is 5.75 Å². The number of rotatable bonds is 5. The Morgan fingerprint density at radius 1 is 1.16 bits per heavy atom. The van der Waals surface area contributed by atoms with Gasteiger partial charge in [0.25, 0.3) is 0 Å². The molecule has 3 N–H and O–H groups in total. The van der Waals surface area contributed by atoms with Crippen LogP contribution < -0.4 is 15.8 Å². The first kappa shape index (κ1) is 16.7. The minimum absolute atomic E-state index is 0.229. The average molecular weight is 351 g/mol. The number of amides is 1. The van der Waals surface area contributed by atoms with Gasteiger partial charge in [-0.3, -0.25) is 10.1 Å². The van der Waals surface area contributed by atoms with E-state index in [9.17, 15) is 4.79 Å². The first-order chi connectivity index (χ1) is 12.1. The Labute approximate surface area is 149 Å². The smallest absolute Gasteiger partial charge is 0.250 e. The van der Waals surface area contributed by atoms with Crippen LogP contribution in [0.5, 0.6) is 5.75 Å². The van der Waals surface area contributed by atoms with Crippen molar-refractivity contribution < 1.29 is 9.53 Å². The van der Waals surface area contributed by atoms with E-state index in [-0.39, 0.29) is 5.91 Å². The highest BCUT2D eigenvalue weighted by atomic mass is 32.1. The molecule has 0 atom stereocenters. The number of aromatic nitrogens is 1. The maximum atomic E-state index is 12.0. The van der Waals surface area contributed by atoms with Crippen LogP contribution in [0.4, 0.5) is 10.8 Å². The lowest BCUT2D eigenvalue weighted by Crippen LogP contribution is -2.07. The zero-order valence-electron chi connectivity index (χ0n) is 13.6. The summed E-state index contributed by atoms with van der Waals surface area (Å²) in [6, 6.07) is 14.9. The molecule has 3 aromatic rings. The van der Waals surface area contributed by atoms with Crippen molar-refractivity contribution in [3.63, 3.8) is 0 Å². The quantitative estimate of drug-likeness (QED) is 0.537. The van der Waals surface area contributed by atoms with Crippen molar-refractivity contribution in [1.29, 1.82) is 0 Å². The second-order valence-electron chi connectivity index (χ2n) is 5.26. The van der Waals surface area contributed by atoms with Crippen LogP contribution in [0.3, 0.4) is 0 Å². The van der Waals surface area contributed by atoms with Gasteiger partial charge in [0.05, 0.1) is 12.8 Å². The van der Waals surface area contributed by atoms with E-state index < -0.39 is 0 Å². The van der Waals surface area contributed by atoms with E-state index in [0.717, 1.165) is 22.6 Å². The van der Waals surface area contributed by atoms with E-state index in [1.807, 2.05) is 41.8 Å². The van der Waals surface area contributed by atoms with Gasteiger partial charge in [0, 0.05) is 22.7 Å². The molecule has 0 aliphatic rings. The fraction of sp³-hybridized carbons (Fsp3) is 0.0526. The van der Waals surface area contributed by atoms with E-state index >= 15 is 0 Å². The molecule has 6 heteroatoms. The molecule has 5 nitrogen and oxygen atoms in total. The number of thiazole rings is 1. The van der Waals surface area contributed by atoms with E-state index in [4.69, 9.17) is 10.5 Å². The van der Waals surface area contributed by atoms with Crippen LogP contribution in [-0.2, 0) is 4.79 Å². The van der Waals surface area contributed by atoms with Gasteiger partial charge in [-0.2, -0.15) is 0 Å². The molecule has 3 rings (SSSR count). The first-order valence-corrected chi connectivity index (χ1v) is 8.46. The molecule has 2 aromatic carbocycles. The zero-order chi connectivity index (χ0) is 17.6. The largest absolute Gasteiger partial charge is 0.497 e. The van der Waals surface area contributed by atoms with E-state index in [1.54, 1.807) is 25.3 Å². The Hall–Kier alpha value is -3.12. The van der Waals surface area contributed by atoms with Gasteiger partial charge in [-0.15, -0.1) is 11.3 Å². The number of nitrogens with zero attached hydrogens (tertiary/aromatic N) is 1. The predicted molar refractivity (Wildman–Crippen MR) is 103 cm³/mol. The molecule has 0 fully saturated rings. The number of nitrogens with one attached hydrogen (secondary N) is 1. The molecular weight excluding hydrogens is 334 g/mol. The predicted octanol–water partition coefficient (Wildman–Crippen LogP) is 4.05. The lowest BCUT2D eigenvalue weighted by molar-refractivity contribution is -0.111. The molecule has 1 amide bonds. The highest BCUT2D eigenvalue weighted by Gasteiger charge is 2.06. The molecule has 0 aliphatic carbocycles. The summed E-state index contributed by atoms with van der Waals surface area (Å²) in [6.45, 7) is 0. The molecule has 0 radical (unpaired) electrons. The molecule has 126 valence electrons. The Balaban J connectivity index is 1.64. The SMILES string of the molecule is COc1ccc(-c2csc(NC(=O)C=Cc3ccc(N)cc3)n2)cc1. The number of hydrogen-bond donors (Lipinski definition) is 2. The van der Waals surface area contributed by atoms with Crippen LogP contribution in [0.25, 0.3) is 17.3 Å². The van der Waals surface area contributed by atoms with Gasteiger partial charge in [0.2, 0.25) is 5.91 Å². The number of anilines is 2. The summed E-state index contributed by atoms with van der Waals surface area (Å²) in [4.78, 5) is 16.4. The van der Waals surface area contributed by atoms with E-state index in [1.165, 1.54) is 17.4 Å². The summed E-state index contributed by atoms with van der Waals surface area (Å²) in [5.74, 6) is 0.563. The topological polar surface area (TPSA) is 77.2 Å². The molecule has 0 unspecified atom stereocenters. The number of methoxy groups -OCH3 is 1. The van der Waals surface area contributed by atoms with E-state index in [2.05, 4.69) is 10.3 Å². The molecular formula is C19H17N3O2S. The van der Waals surface area contributed by atoms with Crippen LogP contribution in [0.2, 0.25) is 0 Å². The third-order valence-electron chi connectivity index (χ3n) is 3.48. The summed E-state index contributed by atoms with van der Waals surface area (Å²) in [7, 11) is 1.63. The van der Waals surface area contributed by atoms with Crippen molar-refractivity contribution in [2.75, 3.05) is 18.2 Å². The highest BCUT2D eigenvalue weighted by Crippen LogP contribution is 2.26. The van der Waals surface area contributed by atoms with Crippen molar-refractivity contribution in [3.8, 4) is 17.0 Å². The summed E-state index contributed by atoms with van der Waals surface area (Å²) in [5, 5.41) is 5.23. The van der Waals surface area contributed by atoms with Crippen LogP contribution in [0.1, 0.15) is 5.56 Å². The van der Waals surface area contributed by atoms with Crippen LogP contribution >= 0.6 is 11.3 Å². The maximum absolute atomic E-state index is 12.0. The number of benzene rings is 2. The number of carbonyl (C=O) groups excluding carboxylic acids is 1. The number of carbonyl (C=O) groups is 1. The van der Waals surface area contributed by atoms with Gasteiger partial charge in [-0.05, 0) is 48.0 Å². The second kappa shape index (κ2) is 7.63. The van der Waals surface area contributed by atoms with E-state index in [0.29, 0.717) is 10.8 Å².